The molecule has 0 saturated heterocycles. The second kappa shape index (κ2) is 11.1. The Balaban J connectivity index is 2.24. The lowest BCUT2D eigenvalue weighted by molar-refractivity contribution is -0.274. The molecule has 0 spiro atoms. The summed E-state index contributed by atoms with van der Waals surface area (Å²) in [5.74, 6) is -0.813. The standard InChI is InChI=1S/C22H22F3NO6/c1-29-18-10-8-15(12-19(18)30-2)16(13-21(28)31-3)26-20(27)11-9-14-6-4-5-7-17(14)32-22(23,24)25/h4-12,16H,13H2,1-3H3,(H,26,27)/b11-9+. The number of amides is 1. The Morgan fingerprint density at radius 3 is 2.31 bits per heavy atom. The van der Waals surface area contributed by atoms with Gasteiger partial charge in [-0.25, -0.2) is 0 Å². The molecule has 10 heteroatoms. The molecule has 32 heavy (non-hydrogen) atoms. The molecule has 1 unspecified atom stereocenters. The molecule has 2 rings (SSSR count). The van der Waals surface area contributed by atoms with E-state index in [1.807, 2.05) is 0 Å². The van der Waals surface area contributed by atoms with Gasteiger partial charge in [0.1, 0.15) is 5.75 Å². The zero-order valence-electron chi connectivity index (χ0n) is 17.6. The summed E-state index contributed by atoms with van der Waals surface area (Å²) in [6, 6.07) is 9.45. The van der Waals surface area contributed by atoms with Crippen LogP contribution in [0.25, 0.3) is 6.08 Å². The summed E-state index contributed by atoms with van der Waals surface area (Å²) in [7, 11) is 4.13. The average molecular weight is 453 g/mol. The van der Waals surface area contributed by atoms with E-state index < -0.39 is 30.0 Å². The fourth-order valence-corrected chi connectivity index (χ4v) is 2.79. The van der Waals surface area contributed by atoms with Crippen LogP contribution in [0.1, 0.15) is 23.6 Å². The topological polar surface area (TPSA) is 83.1 Å². The molecule has 2 aromatic rings. The molecule has 7 nitrogen and oxygen atoms in total. The minimum absolute atomic E-state index is 0.0515. The molecule has 1 atom stereocenters. The van der Waals surface area contributed by atoms with Crippen LogP contribution in [0.4, 0.5) is 13.2 Å². The van der Waals surface area contributed by atoms with Gasteiger partial charge in [0.2, 0.25) is 5.91 Å². The van der Waals surface area contributed by atoms with Gasteiger partial charge in [0.25, 0.3) is 0 Å². The number of para-hydroxylation sites is 1. The summed E-state index contributed by atoms with van der Waals surface area (Å²) in [5, 5.41) is 2.64. The van der Waals surface area contributed by atoms with Crippen LogP contribution in [-0.2, 0) is 14.3 Å². The lowest BCUT2D eigenvalue weighted by atomic mass is 10.0. The van der Waals surface area contributed by atoms with Gasteiger partial charge >= 0.3 is 12.3 Å². The van der Waals surface area contributed by atoms with Crippen molar-refractivity contribution < 1.29 is 41.7 Å². The number of nitrogens with one attached hydrogen (secondary N) is 1. The maximum absolute atomic E-state index is 12.6. The molecule has 0 aliphatic rings. The monoisotopic (exact) mass is 453 g/mol. The highest BCUT2D eigenvalue weighted by Crippen LogP contribution is 2.31. The third-order valence-electron chi connectivity index (χ3n) is 4.28. The molecule has 0 radical (unpaired) electrons. The number of benzene rings is 2. The Kier molecular flexibility index (Phi) is 8.51. The van der Waals surface area contributed by atoms with E-state index in [0.29, 0.717) is 17.1 Å². The smallest absolute Gasteiger partial charge is 0.493 e. The van der Waals surface area contributed by atoms with E-state index in [1.165, 1.54) is 45.6 Å². The number of hydrogen-bond acceptors (Lipinski definition) is 6. The minimum atomic E-state index is -4.87. The van der Waals surface area contributed by atoms with Gasteiger partial charge in [-0.1, -0.05) is 24.3 Å². The average Bonchev–Trinajstić information content (AvgIpc) is 2.76. The summed E-state index contributed by atoms with van der Waals surface area (Å²) in [5.41, 5.74) is 0.589. The van der Waals surface area contributed by atoms with Crippen LogP contribution in [0.3, 0.4) is 0 Å². The third-order valence-corrected chi connectivity index (χ3v) is 4.28. The number of methoxy groups -OCH3 is 3. The second-order valence-corrected chi connectivity index (χ2v) is 6.37. The van der Waals surface area contributed by atoms with Gasteiger partial charge in [-0.05, 0) is 29.8 Å². The van der Waals surface area contributed by atoms with Gasteiger partial charge in [-0.2, -0.15) is 0 Å². The first kappa shape index (κ1) is 24.6. The van der Waals surface area contributed by atoms with Gasteiger partial charge in [-0.15, -0.1) is 13.2 Å². The lowest BCUT2D eigenvalue weighted by Crippen LogP contribution is -2.29. The summed E-state index contributed by atoms with van der Waals surface area (Å²) < 4.78 is 56.8. The van der Waals surface area contributed by atoms with Crippen LogP contribution in [-0.4, -0.2) is 39.6 Å². The number of halogens is 3. The quantitative estimate of drug-likeness (QED) is 0.456. The SMILES string of the molecule is COC(=O)CC(NC(=O)/C=C/c1ccccc1OC(F)(F)F)c1ccc(OC)c(OC)c1. The molecule has 1 N–H and O–H groups in total. The zero-order chi connectivity index (χ0) is 23.7. The molecular formula is C22H22F3NO6. The van der Waals surface area contributed by atoms with E-state index in [2.05, 4.69) is 14.8 Å². The molecule has 0 bridgehead atoms. The number of alkyl halides is 3. The van der Waals surface area contributed by atoms with Gasteiger partial charge in [-0.3, -0.25) is 9.59 Å². The highest BCUT2D eigenvalue weighted by atomic mass is 19.4. The van der Waals surface area contributed by atoms with E-state index in [0.717, 1.165) is 12.1 Å². The summed E-state index contributed by atoms with van der Waals surface area (Å²) in [6.07, 6.45) is -2.83. The first-order valence-corrected chi connectivity index (χ1v) is 9.29. The normalized spacial score (nSPS) is 12.2. The molecule has 0 aliphatic carbocycles. The number of hydrogen-bond donors (Lipinski definition) is 1. The van der Waals surface area contributed by atoms with Crippen molar-refractivity contribution in [3.05, 3.63) is 59.7 Å². The highest BCUT2D eigenvalue weighted by molar-refractivity contribution is 5.92. The van der Waals surface area contributed by atoms with Crippen LogP contribution in [0.5, 0.6) is 17.2 Å². The molecule has 172 valence electrons. The molecule has 0 fully saturated rings. The molecule has 0 saturated carbocycles. The van der Waals surface area contributed by atoms with Gasteiger partial charge in [0.05, 0.1) is 33.8 Å². The summed E-state index contributed by atoms with van der Waals surface area (Å²) in [6.45, 7) is 0. The van der Waals surface area contributed by atoms with Crippen LogP contribution >= 0.6 is 0 Å². The van der Waals surface area contributed by atoms with Crippen molar-refractivity contribution in [2.24, 2.45) is 0 Å². The Morgan fingerprint density at radius 2 is 1.69 bits per heavy atom. The Bertz CT molecular complexity index is 974. The van der Waals surface area contributed by atoms with Crippen molar-refractivity contribution in [2.75, 3.05) is 21.3 Å². The van der Waals surface area contributed by atoms with Crippen molar-refractivity contribution in [1.82, 2.24) is 5.32 Å². The van der Waals surface area contributed by atoms with Crippen LogP contribution in [0.2, 0.25) is 0 Å². The van der Waals surface area contributed by atoms with E-state index in [4.69, 9.17) is 9.47 Å². The molecular weight excluding hydrogens is 431 g/mol. The lowest BCUT2D eigenvalue weighted by Gasteiger charge is -2.19. The Labute approximate surface area is 182 Å². The number of carbonyl (C=O) groups excluding carboxylic acids is 2. The van der Waals surface area contributed by atoms with Crippen LogP contribution in [0, 0.1) is 0 Å². The van der Waals surface area contributed by atoms with Crippen molar-refractivity contribution in [3.8, 4) is 17.2 Å². The first-order chi connectivity index (χ1) is 15.2. The van der Waals surface area contributed by atoms with Gasteiger partial charge in [0, 0.05) is 11.6 Å². The molecule has 2 aromatic carbocycles. The van der Waals surface area contributed by atoms with Crippen molar-refractivity contribution in [3.63, 3.8) is 0 Å². The highest BCUT2D eigenvalue weighted by Gasteiger charge is 2.31. The maximum Gasteiger partial charge on any atom is 0.573 e. The van der Waals surface area contributed by atoms with Crippen molar-refractivity contribution in [1.29, 1.82) is 0 Å². The van der Waals surface area contributed by atoms with Gasteiger partial charge < -0.3 is 24.3 Å². The van der Waals surface area contributed by atoms with E-state index >= 15 is 0 Å². The zero-order valence-corrected chi connectivity index (χ0v) is 17.6. The van der Waals surface area contributed by atoms with E-state index in [1.54, 1.807) is 18.2 Å². The molecule has 0 aromatic heterocycles. The largest absolute Gasteiger partial charge is 0.573 e. The fraction of sp³-hybridized carbons (Fsp3) is 0.273. The summed E-state index contributed by atoms with van der Waals surface area (Å²) in [4.78, 5) is 24.3. The molecule has 1 amide bonds. The van der Waals surface area contributed by atoms with E-state index in [9.17, 15) is 22.8 Å². The molecule has 0 heterocycles. The maximum atomic E-state index is 12.6. The second-order valence-electron chi connectivity index (χ2n) is 6.37. The van der Waals surface area contributed by atoms with Crippen LogP contribution < -0.4 is 19.5 Å². The van der Waals surface area contributed by atoms with Crippen molar-refractivity contribution in [2.45, 2.75) is 18.8 Å². The number of rotatable bonds is 9. The number of carbonyl (C=O) groups is 2. The minimum Gasteiger partial charge on any atom is -0.493 e. The predicted molar refractivity (Wildman–Crippen MR) is 109 cm³/mol. The predicted octanol–water partition coefficient (Wildman–Crippen LogP) is 4.04. The van der Waals surface area contributed by atoms with Crippen LogP contribution in [0.15, 0.2) is 48.5 Å². The molecule has 0 aliphatic heterocycles. The Morgan fingerprint density at radius 1 is 1.00 bits per heavy atom. The number of esters is 1. The third kappa shape index (κ3) is 7.22. The Hall–Kier alpha value is -3.69. The van der Waals surface area contributed by atoms with Gasteiger partial charge in [0.15, 0.2) is 11.5 Å². The number of ether oxygens (including phenoxy) is 4. The van der Waals surface area contributed by atoms with E-state index in [-0.39, 0.29) is 12.0 Å². The fourth-order valence-electron chi connectivity index (χ4n) is 2.79. The first-order valence-electron chi connectivity index (χ1n) is 9.29. The van der Waals surface area contributed by atoms with Crippen molar-refractivity contribution >= 4 is 18.0 Å². The summed E-state index contributed by atoms with van der Waals surface area (Å²) >= 11 is 0.